The number of fused-ring (bicyclic) bond motifs is 1. The summed E-state index contributed by atoms with van der Waals surface area (Å²) in [6, 6.07) is 14.4. The standard InChI is InChI=1S/C26H26BrFN6O2/c1-34(2)26(35-3)13-21(14-26)36-20-6-4-18(5-7-20)32-25-29-9-8-23(33-25)31-19-11-16-10-17(27)15-30-24(16)22(28)12-19/h4-12,15,21H,13-14H2,1-3H3,(H2,29,31,32,33). The molecule has 1 aliphatic rings. The van der Waals surface area contributed by atoms with E-state index < -0.39 is 5.82 Å². The number of pyridine rings is 1. The van der Waals surface area contributed by atoms with E-state index in [-0.39, 0.29) is 11.8 Å². The fourth-order valence-corrected chi connectivity index (χ4v) is 4.62. The van der Waals surface area contributed by atoms with Crippen molar-refractivity contribution < 1.29 is 13.9 Å². The van der Waals surface area contributed by atoms with Gasteiger partial charge in [0.25, 0.3) is 0 Å². The Morgan fingerprint density at radius 2 is 1.81 bits per heavy atom. The van der Waals surface area contributed by atoms with E-state index in [2.05, 4.69) is 46.4 Å². The molecule has 0 bridgehead atoms. The van der Waals surface area contributed by atoms with E-state index in [1.54, 1.807) is 25.6 Å². The Morgan fingerprint density at radius 3 is 2.53 bits per heavy atom. The number of ether oxygens (including phenoxy) is 2. The Balaban J connectivity index is 1.22. The number of rotatable bonds is 8. The molecule has 2 aromatic carbocycles. The SMILES string of the molecule is COC1(N(C)C)CC(Oc2ccc(Nc3nccc(Nc4cc(F)c5ncc(Br)cc5c4)n3)cc2)C1. The summed E-state index contributed by atoms with van der Waals surface area (Å²) >= 11 is 3.38. The quantitative estimate of drug-likeness (QED) is 0.263. The maximum absolute atomic E-state index is 14.5. The number of benzene rings is 2. The highest BCUT2D eigenvalue weighted by atomic mass is 79.9. The number of methoxy groups -OCH3 is 1. The van der Waals surface area contributed by atoms with Gasteiger partial charge in [0.1, 0.15) is 28.9 Å². The monoisotopic (exact) mass is 552 g/mol. The normalized spacial score (nSPS) is 19.2. The van der Waals surface area contributed by atoms with Crippen molar-refractivity contribution in [3.05, 3.63) is 71.2 Å². The summed E-state index contributed by atoms with van der Waals surface area (Å²) in [5.41, 5.74) is 1.46. The number of aromatic nitrogens is 3. The molecule has 4 aromatic rings. The Morgan fingerprint density at radius 1 is 1.03 bits per heavy atom. The van der Waals surface area contributed by atoms with Crippen LogP contribution in [0, 0.1) is 5.82 Å². The lowest BCUT2D eigenvalue weighted by atomic mass is 9.83. The first-order chi connectivity index (χ1) is 17.3. The second-order valence-corrected chi connectivity index (χ2v) is 9.83. The molecule has 0 spiro atoms. The zero-order valence-corrected chi connectivity index (χ0v) is 21.7. The van der Waals surface area contributed by atoms with Gasteiger partial charge in [-0.25, -0.2) is 9.37 Å². The third kappa shape index (κ3) is 5.11. The molecule has 1 saturated carbocycles. The summed E-state index contributed by atoms with van der Waals surface area (Å²) in [5, 5.41) is 7.01. The molecule has 0 saturated heterocycles. The highest BCUT2D eigenvalue weighted by Gasteiger charge is 2.48. The fraction of sp³-hybridized carbons (Fsp3) is 0.269. The summed E-state index contributed by atoms with van der Waals surface area (Å²) in [5.74, 6) is 1.33. The van der Waals surface area contributed by atoms with Gasteiger partial charge >= 0.3 is 0 Å². The number of anilines is 4. The Hall–Kier alpha value is -3.34. The van der Waals surface area contributed by atoms with Gasteiger partial charge in [-0.2, -0.15) is 4.98 Å². The first-order valence-electron chi connectivity index (χ1n) is 11.4. The molecule has 10 heteroatoms. The van der Waals surface area contributed by atoms with Crippen LogP contribution in [0.15, 0.2) is 65.4 Å². The summed E-state index contributed by atoms with van der Waals surface area (Å²) < 4.78 is 27.0. The van der Waals surface area contributed by atoms with Gasteiger partial charge < -0.3 is 20.1 Å². The number of nitrogens with zero attached hydrogens (tertiary/aromatic N) is 4. The summed E-state index contributed by atoms with van der Waals surface area (Å²) in [6.07, 6.45) is 4.96. The number of hydrogen-bond acceptors (Lipinski definition) is 8. The minimum Gasteiger partial charge on any atom is -0.490 e. The van der Waals surface area contributed by atoms with E-state index in [0.29, 0.717) is 28.4 Å². The van der Waals surface area contributed by atoms with Crippen molar-refractivity contribution >= 4 is 50.0 Å². The molecule has 0 unspecified atom stereocenters. The molecule has 5 rings (SSSR count). The lowest BCUT2D eigenvalue weighted by molar-refractivity contribution is -0.204. The molecule has 0 amide bonds. The van der Waals surface area contributed by atoms with Crippen LogP contribution in [0.1, 0.15) is 12.8 Å². The van der Waals surface area contributed by atoms with Crippen LogP contribution in [0.5, 0.6) is 5.75 Å². The van der Waals surface area contributed by atoms with Crippen LogP contribution in [0.4, 0.5) is 27.5 Å². The van der Waals surface area contributed by atoms with Crippen molar-refractivity contribution in [2.75, 3.05) is 31.8 Å². The van der Waals surface area contributed by atoms with Gasteiger partial charge in [-0.05, 0) is 78.6 Å². The van der Waals surface area contributed by atoms with Gasteiger partial charge in [-0.15, -0.1) is 0 Å². The van der Waals surface area contributed by atoms with Gasteiger partial charge in [0.2, 0.25) is 5.95 Å². The van der Waals surface area contributed by atoms with Crippen molar-refractivity contribution in [3.8, 4) is 5.75 Å². The largest absolute Gasteiger partial charge is 0.490 e. The van der Waals surface area contributed by atoms with E-state index in [1.807, 2.05) is 50.5 Å². The van der Waals surface area contributed by atoms with Crippen molar-refractivity contribution in [1.29, 1.82) is 0 Å². The van der Waals surface area contributed by atoms with Crippen LogP contribution in [-0.4, -0.2) is 52.9 Å². The summed E-state index contributed by atoms with van der Waals surface area (Å²) in [6.45, 7) is 0. The lowest BCUT2D eigenvalue weighted by Crippen LogP contribution is -2.59. The number of hydrogen-bond donors (Lipinski definition) is 2. The minimum absolute atomic E-state index is 0.120. The Bertz CT molecular complexity index is 1380. The average molecular weight is 553 g/mol. The molecule has 8 nitrogen and oxygen atoms in total. The molecular weight excluding hydrogens is 527 g/mol. The molecule has 2 aromatic heterocycles. The van der Waals surface area contributed by atoms with E-state index in [1.165, 1.54) is 6.07 Å². The molecule has 2 heterocycles. The fourth-order valence-electron chi connectivity index (χ4n) is 4.28. The molecule has 0 aliphatic heterocycles. The van der Waals surface area contributed by atoms with Gasteiger partial charge in [0.15, 0.2) is 5.82 Å². The highest BCUT2D eigenvalue weighted by molar-refractivity contribution is 9.10. The summed E-state index contributed by atoms with van der Waals surface area (Å²) in [7, 11) is 5.77. The zero-order valence-electron chi connectivity index (χ0n) is 20.1. The molecule has 36 heavy (non-hydrogen) atoms. The molecule has 0 radical (unpaired) electrons. The van der Waals surface area contributed by atoms with Crippen LogP contribution in [-0.2, 0) is 4.74 Å². The van der Waals surface area contributed by atoms with E-state index >= 15 is 0 Å². The van der Waals surface area contributed by atoms with Gasteiger partial charge in [0, 0.05) is 53.6 Å². The van der Waals surface area contributed by atoms with Crippen molar-refractivity contribution in [2.24, 2.45) is 0 Å². The number of nitrogens with one attached hydrogen (secondary N) is 2. The van der Waals surface area contributed by atoms with Gasteiger partial charge in [-0.1, -0.05) is 0 Å². The minimum atomic E-state index is -0.409. The third-order valence-electron chi connectivity index (χ3n) is 6.33. The first-order valence-corrected chi connectivity index (χ1v) is 12.2. The topological polar surface area (TPSA) is 84.4 Å². The third-order valence-corrected chi connectivity index (χ3v) is 6.77. The second kappa shape index (κ2) is 9.96. The lowest BCUT2D eigenvalue weighted by Gasteiger charge is -2.50. The molecule has 0 atom stereocenters. The maximum Gasteiger partial charge on any atom is 0.229 e. The molecule has 1 aliphatic carbocycles. The van der Waals surface area contributed by atoms with Crippen molar-refractivity contribution in [3.63, 3.8) is 0 Å². The van der Waals surface area contributed by atoms with Crippen molar-refractivity contribution in [2.45, 2.75) is 24.7 Å². The highest BCUT2D eigenvalue weighted by Crippen LogP contribution is 2.39. The van der Waals surface area contributed by atoms with E-state index in [4.69, 9.17) is 9.47 Å². The Kier molecular flexibility index (Phi) is 6.74. The van der Waals surface area contributed by atoms with Crippen LogP contribution in [0.3, 0.4) is 0 Å². The molecule has 2 N–H and O–H groups in total. The number of halogens is 2. The van der Waals surface area contributed by atoms with Crippen LogP contribution < -0.4 is 15.4 Å². The smallest absolute Gasteiger partial charge is 0.229 e. The van der Waals surface area contributed by atoms with Gasteiger partial charge in [0.05, 0.1) is 0 Å². The van der Waals surface area contributed by atoms with E-state index in [0.717, 1.165) is 28.8 Å². The molecule has 186 valence electrons. The summed E-state index contributed by atoms with van der Waals surface area (Å²) in [4.78, 5) is 15.0. The average Bonchev–Trinajstić information content (AvgIpc) is 2.82. The van der Waals surface area contributed by atoms with E-state index in [9.17, 15) is 4.39 Å². The van der Waals surface area contributed by atoms with Crippen molar-refractivity contribution in [1.82, 2.24) is 19.9 Å². The first kappa shape index (κ1) is 24.4. The Labute approximate surface area is 217 Å². The molecular formula is C26H26BrFN6O2. The van der Waals surface area contributed by atoms with Crippen LogP contribution in [0.2, 0.25) is 0 Å². The van der Waals surface area contributed by atoms with Gasteiger partial charge in [-0.3, -0.25) is 9.88 Å². The zero-order chi connectivity index (χ0) is 25.3. The molecule has 1 fully saturated rings. The van der Waals surface area contributed by atoms with Crippen LogP contribution in [0.25, 0.3) is 10.9 Å². The maximum atomic E-state index is 14.5. The predicted octanol–water partition coefficient (Wildman–Crippen LogP) is 5.86. The second-order valence-electron chi connectivity index (χ2n) is 8.92. The van der Waals surface area contributed by atoms with Crippen LogP contribution >= 0.6 is 15.9 Å². The predicted molar refractivity (Wildman–Crippen MR) is 142 cm³/mol.